The molecule has 0 aromatic heterocycles. The van der Waals surface area contributed by atoms with Gasteiger partial charge in [0.1, 0.15) is 11.5 Å². The zero-order valence-corrected chi connectivity index (χ0v) is 20.1. The van der Waals surface area contributed by atoms with Crippen molar-refractivity contribution in [2.75, 3.05) is 37.8 Å². The summed E-state index contributed by atoms with van der Waals surface area (Å²) >= 11 is 0. The van der Waals surface area contributed by atoms with Crippen LogP contribution in [0.3, 0.4) is 0 Å². The van der Waals surface area contributed by atoms with Gasteiger partial charge >= 0.3 is 0 Å². The first-order valence-electron chi connectivity index (χ1n) is 12.2. The molecule has 1 fully saturated rings. The van der Waals surface area contributed by atoms with Crippen molar-refractivity contribution < 1.29 is 28.6 Å². The molecule has 8 heteroatoms. The molecule has 35 heavy (non-hydrogen) atoms. The summed E-state index contributed by atoms with van der Waals surface area (Å²) in [6, 6.07) is 12.7. The number of hydrogen-bond donors (Lipinski definition) is 1. The summed E-state index contributed by atoms with van der Waals surface area (Å²) in [6.07, 6.45) is 3.83. The number of anilines is 1. The number of fused-ring (bicyclic) bond motifs is 1. The van der Waals surface area contributed by atoms with Gasteiger partial charge in [-0.15, -0.1) is 0 Å². The second-order valence-corrected chi connectivity index (χ2v) is 8.77. The van der Waals surface area contributed by atoms with Gasteiger partial charge in [0, 0.05) is 31.7 Å². The molecule has 0 aliphatic carbocycles. The van der Waals surface area contributed by atoms with Crippen molar-refractivity contribution in [3.05, 3.63) is 53.6 Å². The topological polar surface area (TPSA) is 94.2 Å². The molecule has 2 aromatic rings. The molecule has 1 saturated heterocycles. The zero-order valence-electron chi connectivity index (χ0n) is 20.1. The molecule has 2 aliphatic heterocycles. The van der Waals surface area contributed by atoms with E-state index in [1.165, 1.54) is 5.56 Å². The molecule has 1 N–H and O–H groups in total. The standard InChI is InChI=1S/C27H32N2O6/c1-2-19-7-10-21(11-8-19)34-17-24(30)20-9-12-25-23(15-20)29(27(32)18-35-25)13-3-6-26(31)28-16-22-5-4-14-33-22/h7-12,15,22H,2-6,13-14,16-18H2,1H3,(H,28,31)/t22-/m0/s1. The van der Waals surface area contributed by atoms with E-state index < -0.39 is 0 Å². The number of amides is 2. The van der Waals surface area contributed by atoms with Crippen LogP contribution in [0.5, 0.6) is 11.5 Å². The molecular formula is C27H32N2O6. The zero-order chi connectivity index (χ0) is 24.6. The van der Waals surface area contributed by atoms with Crippen LogP contribution in [0.4, 0.5) is 5.69 Å². The Bertz CT molecular complexity index is 1050. The van der Waals surface area contributed by atoms with Crippen LogP contribution in [0, 0.1) is 0 Å². The van der Waals surface area contributed by atoms with Gasteiger partial charge in [0.05, 0.1) is 11.8 Å². The van der Waals surface area contributed by atoms with E-state index >= 15 is 0 Å². The summed E-state index contributed by atoms with van der Waals surface area (Å²) in [6.45, 7) is 3.54. The number of carbonyl (C=O) groups is 3. The van der Waals surface area contributed by atoms with Crippen molar-refractivity contribution in [3.63, 3.8) is 0 Å². The van der Waals surface area contributed by atoms with Crippen LogP contribution >= 0.6 is 0 Å². The maximum atomic E-state index is 12.8. The number of aryl methyl sites for hydroxylation is 1. The lowest BCUT2D eigenvalue weighted by atomic mass is 10.1. The second kappa shape index (κ2) is 11.8. The predicted octanol–water partition coefficient (Wildman–Crippen LogP) is 3.31. The van der Waals surface area contributed by atoms with Crippen LogP contribution < -0.4 is 19.7 Å². The highest BCUT2D eigenvalue weighted by Crippen LogP contribution is 2.33. The Hall–Kier alpha value is -3.39. The Morgan fingerprint density at radius 3 is 2.74 bits per heavy atom. The van der Waals surface area contributed by atoms with Gasteiger partial charge in [0.15, 0.2) is 19.0 Å². The number of ketones is 1. The van der Waals surface area contributed by atoms with E-state index in [0.29, 0.717) is 48.7 Å². The van der Waals surface area contributed by atoms with Crippen molar-refractivity contribution in [3.8, 4) is 11.5 Å². The first kappa shape index (κ1) is 24.7. The third-order valence-corrected chi connectivity index (χ3v) is 6.26. The number of Topliss-reactive ketones (excluding diaryl/α,β-unsaturated/α-hetero) is 1. The Kier molecular flexibility index (Phi) is 8.36. The number of nitrogens with zero attached hydrogens (tertiary/aromatic N) is 1. The monoisotopic (exact) mass is 480 g/mol. The first-order valence-corrected chi connectivity index (χ1v) is 12.2. The molecule has 2 amide bonds. The molecule has 0 radical (unpaired) electrons. The van der Waals surface area contributed by atoms with Crippen molar-refractivity contribution in [2.24, 2.45) is 0 Å². The summed E-state index contributed by atoms with van der Waals surface area (Å²) in [5, 5.41) is 2.90. The van der Waals surface area contributed by atoms with E-state index in [4.69, 9.17) is 14.2 Å². The van der Waals surface area contributed by atoms with E-state index in [1.54, 1.807) is 23.1 Å². The fourth-order valence-corrected chi connectivity index (χ4v) is 4.19. The molecule has 8 nitrogen and oxygen atoms in total. The molecule has 0 saturated carbocycles. The molecule has 1 atom stereocenters. The summed E-state index contributed by atoms with van der Waals surface area (Å²) in [5.41, 5.74) is 2.18. The smallest absolute Gasteiger partial charge is 0.265 e. The summed E-state index contributed by atoms with van der Waals surface area (Å²) in [7, 11) is 0. The number of nitrogens with one attached hydrogen (secondary N) is 1. The van der Waals surface area contributed by atoms with Gasteiger partial charge in [0.2, 0.25) is 5.91 Å². The number of ether oxygens (including phenoxy) is 3. The number of hydrogen-bond acceptors (Lipinski definition) is 6. The van der Waals surface area contributed by atoms with Crippen LogP contribution in [-0.4, -0.2) is 56.6 Å². The van der Waals surface area contributed by atoms with Crippen molar-refractivity contribution in [1.82, 2.24) is 5.32 Å². The van der Waals surface area contributed by atoms with Gasteiger partial charge in [-0.2, -0.15) is 0 Å². The molecule has 4 rings (SSSR count). The molecule has 2 aliphatic rings. The van der Waals surface area contributed by atoms with Crippen LogP contribution in [-0.2, 0) is 20.7 Å². The molecule has 0 spiro atoms. The average Bonchev–Trinajstić information content (AvgIpc) is 3.41. The maximum absolute atomic E-state index is 12.8. The quantitative estimate of drug-likeness (QED) is 0.496. The summed E-state index contributed by atoms with van der Waals surface area (Å²) in [4.78, 5) is 39.1. The minimum atomic E-state index is -0.200. The van der Waals surface area contributed by atoms with Crippen LogP contribution in [0.15, 0.2) is 42.5 Å². The molecule has 0 bridgehead atoms. The summed E-state index contributed by atoms with van der Waals surface area (Å²) in [5.74, 6) is 0.717. The second-order valence-electron chi connectivity index (χ2n) is 8.77. The molecule has 0 unspecified atom stereocenters. The van der Waals surface area contributed by atoms with E-state index in [1.807, 2.05) is 24.3 Å². The SMILES string of the molecule is CCc1ccc(OCC(=O)c2ccc3c(c2)N(CCCC(=O)NC[C@@H]2CCCO2)C(=O)CO3)cc1. The van der Waals surface area contributed by atoms with Crippen LogP contribution in [0.25, 0.3) is 0 Å². The van der Waals surface area contributed by atoms with Gasteiger partial charge in [-0.25, -0.2) is 0 Å². The van der Waals surface area contributed by atoms with Gasteiger partial charge in [-0.05, 0) is 61.6 Å². The Balaban J connectivity index is 1.32. The Morgan fingerprint density at radius 2 is 2.00 bits per heavy atom. The van der Waals surface area contributed by atoms with E-state index in [-0.39, 0.29) is 36.9 Å². The van der Waals surface area contributed by atoms with Gasteiger partial charge < -0.3 is 24.4 Å². The maximum Gasteiger partial charge on any atom is 0.265 e. The molecule has 2 heterocycles. The number of carbonyl (C=O) groups excluding carboxylic acids is 3. The van der Waals surface area contributed by atoms with E-state index in [2.05, 4.69) is 12.2 Å². The average molecular weight is 481 g/mol. The van der Waals surface area contributed by atoms with Gasteiger partial charge in [-0.1, -0.05) is 19.1 Å². The third kappa shape index (κ3) is 6.60. The van der Waals surface area contributed by atoms with Crippen LogP contribution in [0.2, 0.25) is 0 Å². The first-order chi connectivity index (χ1) is 17.0. The van der Waals surface area contributed by atoms with Crippen molar-refractivity contribution in [2.45, 2.75) is 45.1 Å². The van der Waals surface area contributed by atoms with Gasteiger partial charge in [-0.3, -0.25) is 14.4 Å². The van der Waals surface area contributed by atoms with E-state index in [0.717, 1.165) is 25.9 Å². The lowest BCUT2D eigenvalue weighted by Crippen LogP contribution is -2.40. The van der Waals surface area contributed by atoms with Crippen LogP contribution in [0.1, 0.15) is 48.5 Å². The number of rotatable bonds is 11. The highest BCUT2D eigenvalue weighted by Gasteiger charge is 2.26. The Labute approximate surface area is 205 Å². The molecule has 2 aromatic carbocycles. The summed E-state index contributed by atoms with van der Waals surface area (Å²) < 4.78 is 16.7. The van der Waals surface area contributed by atoms with Crippen molar-refractivity contribution in [1.29, 1.82) is 0 Å². The molecule has 186 valence electrons. The highest BCUT2D eigenvalue weighted by atomic mass is 16.5. The number of benzene rings is 2. The van der Waals surface area contributed by atoms with Crippen molar-refractivity contribution >= 4 is 23.3 Å². The fourth-order valence-electron chi connectivity index (χ4n) is 4.19. The van der Waals surface area contributed by atoms with Gasteiger partial charge in [0.25, 0.3) is 5.91 Å². The largest absolute Gasteiger partial charge is 0.485 e. The Morgan fingerprint density at radius 1 is 1.17 bits per heavy atom. The normalized spacial score (nSPS) is 17.0. The lowest BCUT2D eigenvalue weighted by molar-refractivity contribution is -0.123. The molecular weight excluding hydrogens is 448 g/mol. The lowest BCUT2D eigenvalue weighted by Gasteiger charge is -2.29. The predicted molar refractivity (Wildman–Crippen MR) is 131 cm³/mol. The minimum absolute atomic E-state index is 0.0607. The minimum Gasteiger partial charge on any atom is -0.485 e. The highest BCUT2D eigenvalue weighted by molar-refractivity contribution is 6.02. The van der Waals surface area contributed by atoms with E-state index in [9.17, 15) is 14.4 Å². The third-order valence-electron chi connectivity index (χ3n) is 6.26. The fraction of sp³-hybridized carbons (Fsp3) is 0.444.